The van der Waals surface area contributed by atoms with Crippen molar-refractivity contribution >= 4 is 5.69 Å². The van der Waals surface area contributed by atoms with Crippen molar-refractivity contribution < 1.29 is 0 Å². The summed E-state index contributed by atoms with van der Waals surface area (Å²) in [7, 11) is 0. The summed E-state index contributed by atoms with van der Waals surface area (Å²) < 4.78 is 0. The van der Waals surface area contributed by atoms with Crippen molar-refractivity contribution in [1.29, 1.82) is 0 Å². The Balaban J connectivity index is 2.23. The smallest absolute Gasteiger partial charge is 0.0445 e. The van der Waals surface area contributed by atoms with Gasteiger partial charge in [-0.3, -0.25) is 4.98 Å². The number of hydrogen-bond acceptors (Lipinski definition) is 3. The van der Waals surface area contributed by atoms with Crippen molar-refractivity contribution in [2.75, 3.05) is 11.4 Å². The van der Waals surface area contributed by atoms with Gasteiger partial charge in [-0.05, 0) is 31.7 Å². The molecule has 2 atom stereocenters. The van der Waals surface area contributed by atoms with E-state index in [0.717, 1.165) is 18.0 Å². The third-order valence-electron chi connectivity index (χ3n) is 3.55. The number of anilines is 1. The van der Waals surface area contributed by atoms with Crippen LogP contribution in [0.1, 0.15) is 32.3 Å². The van der Waals surface area contributed by atoms with Gasteiger partial charge in [0, 0.05) is 42.8 Å². The van der Waals surface area contributed by atoms with Gasteiger partial charge >= 0.3 is 0 Å². The van der Waals surface area contributed by atoms with E-state index in [0.29, 0.717) is 12.6 Å². The van der Waals surface area contributed by atoms with Crippen LogP contribution in [0, 0.1) is 5.92 Å². The molecule has 1 aliphatic rings. The van der Waals surface area contributed by atoms with E-state index >= 15 is 0 Å². The summed E-state index contributed by atoms with van der Waals surface area (Å²) in [5, 5.41) is 0. The largest absolute Gasteiger partial charge is 0.368 e. The molecule has 16 heavy (non-hydrogen) atoms. The Morgan fingerprint density at radius 2 is 2.31 bits per heavy atom. The van der Waals surface area contributed by atoms with Gasteiger partial charge in [-0.25, -0.2) is 0 Å². The molecule has 0 aliphatic carbocycles. The maximum Gasteiger partial charge on any atom is 0.0445 e. The fraction of sp³-hybridized carbons (Fsp3) is 0.615. The first-order valence-corrected chi connectivity index (χ1v) is 6.12. The standard InChI is InChI=1S/C13H21N3/c1-10-4-6-16(11(2)7-10)13-3-5-15-9-12(13)8-14/h3,5,9-11H,4,6-8,14H2,1-2H3. The monoisotopic (exact) mass is 219 g/mol. The predicted molar refractivity (Wildman–Crippen MR) is 67.3 cm³/mol. The Kier molecular flexibility index (Phi) is 3.44. The van der Waals surface area contributed by atoms with Crippen LogP contribution in [0.5, 0.6) is 0 Å². The van der Waals surface area contributed by atoms with Crippen molar-refractivity contribution in [3.8, 4) is 0 Å². The molecule has 2 rings (SSSR count). The van der Waals surface area contributed by atoms with Crippen LogP contribution in [-0.2, 0) is 6.54 Å². The second-order valence-electron chi connectivity index (χ2n) is 4.88. The van der Waals surface area contributed by atoms with E-state index < -0.39 is 0 Å². The fourth-order valence-corrected chi connectivity index (χ4v) is 2.62. The van der Waals surface area contributed by atoms with E-state index in [2.05, 4.69) is 29.8 Å². The van der Waals surface area contributed by atoms with Crippen LogP contribution in [0.25, 0.3) is 0 Å². The molecule has 1 saturated heterocycles. The molecule has 2 N–H and O–H groups in total. The number of pyridine rings is 1. The summed E-state index contributed by atoms with van der Waals surface area (Å²) in [6, 6.07) is 2.70. The van der Waals surface area contributed by atoms with E-state index in [1.165, 1.54) is 18.5 Å². The van der Waals surface area contributed by atoms with Gasteiger partial charge in [-0.1, -0.05) is 6.92 Å². The van der Waals surface area contributed by atoms with Crippen LogP contribution in [0.4, 0.5) is 5.69 Å². The number of nitrogens with zero attached hydrogens (tertiary/aromatic N) is 2. The van der Waals surface area contributed by atoms with Crippen LogP contribution in [0.15, 0.2) is 18.5 Å². The number of nitrogens with two attached hydrogens (primary N) is 1. The maximum absolute atomic E-state index is 5.76. The Morgan fingerprint density at radius 3 is 3.00 bits per heavy atom. The average Bonchev–Trinajstić information content (AvgIpc) is 2.29. The van der Waals surface area contributed by atoms with Crippen LogP contribution in [0.3, 0.4) is 0 Å². The summed E-state index contributed by atoms with van der Waals surface area (Å²) >= 11 is 0. The molecule has 2 unspecified atom stereocenters. The highest BCUT2D eigenvalue weighted by Gasteiger charge is 2.24. The average molecular weight is 219 g/mol. The summed E-state index contributed by atoms with van der Waals surface area (Å²) in [5.41, 5.74) is 8.19. The third kappa shape index (κ3) is 2.19. The quantitative estimate of drug-likeness (QED) is 0.829. The predicted octanol–water partition coefficient (Wildman–Crippen LogP) is 2.17. The molecule has 0 radical (unpaired) electrons. The zero-order valence-electron chi connectivity index (χ0n) is 10.2. The third-order valence-corrected chi connectivity index (χ3v) is 3.55. The SMILES string of the molecule is CC1CCN(c2ccncc2CN)C(C)C1. The molecule has 1 aliphatic heterocycles. The molecule has 3 heteroatoms. The number of piperidine rings is 1. The zero-order valence-corrected chi connectivity index (χ0v) is 10.2. The topological polar surface area (TPSA) is 42.2 Å². The summed E-state index contributed by atoms with van der Waals surface area (Å²) in [5.74, 6) is 0.842. The molecule has 0 amide bonds. The lowest BCUT2D eigenvalue weighted by Crippen LogP contribution is -2.40. The summed E-state index contributed by atoms with van der Waals surface area (Å²) in [6.45, 7) is 6.35. The lowest BCUT2D eigenvalue weighted by atomic mass is 9.92. The molecule has 2 heterocycles. The van der Waals surface area contributed by atoms with Gasteiger partial charge in [0.15, 0.2) is 0 Å². The minimum absolute atomic E-state index is 0.571. The fourth-order valence-electron chi connectivity index (χ4n) is 2.62. The highest BCUT2D eigenvalue weighted by Crippen LogP contribution is 2.29. The molecular weight excluding hydrogens is 198 g/mol. The van der Waals surface area contributed by atoms with Gasteiger partial charge in [0.25, 0.3) is 0 Å². The minimum Gasteiger partial charge on any atom is -0.368 e. The van der Waals surface area contributed by atoms with E-state index in [1.54, 1.807) is 0 Å². The molecule has 0 spiro atoms. The lowest BCUT2D eigenvalue weighted by molar-refractivity contribution is 0.377. The van der Waals surface area contributed by atoms with Crippen molar-refractivity contribution in [1.82, 2.24) is 4.98 Å². The van der Waals surface area contributed by atoms with Gasteiger partial charge in [0.1, 0.15) is 0 Å². The van der Waals surface area contributed by atoms with Gasteiger partial charge < -0.3 is 10.6 Å². The van der Waals surface area contributed by atoms with E-state index in [4.69, 9.17) is 5.73 Å². The second-order valence-corrected chi connectivity index (χ2v) is 4.88. The van der Waals surface area contributed by atoms with Crippen molar-refractivity contribution in [3.05, 3.63) is 24.0 Å². The molecule has 3 nitrogen and oxygen atoms in total. The van der Waals surface area contributed by atoms with E-state index in [9.17, 15) is 0 Å². The van der Waals surface area contributed by atoms with Crippen LogP contribution in [0.2, 0.25) is 0 Å². The molecule has 0 bridgehead atoms. The Bertz CT molecular complexity index is 351. The Labute approximate surface area is 97.7 Å². The summed E-state index contributed by atoms with van der Waals surface area (Å²) in [6.07, 6.45) is 6.29. The number of rotatable bonds is 2. The van der Waals surface area contributed by atoms with E-state index in [-0.39, 0.29) is 0 Å². The Hall–Kier alpha value is -1.09. The van der Waals surface area contributed by atoms with E-state index in [1.807, 2.05) is 12.4 Å². The first-order valence-electron chi connectivity index (χ1n) is 6.12. The molecule has 1 fully saturated rings. The van der Waals surface area contributed by atoms with Crippen molar-refractivity contribution in [3.63, 3.8) is 0 Å². The number of hydrogen-bond donors (Lipinski definition) is 1. The minimum atomic E-state index is 0.571. The highest BCUT2D eigenvalue weighted by atomic mass is 15.2. The second kappa shape index (κ2) is 4.83. The van der Waals surface area contributed by atoms with Crippen molar-refractivity contribution in [2.24, 2.45) is 11.7 Å². The maximum atomic E-state index is 5.76. The molecule has 1 aromatic heterocycles. The first-order chi connectivity index (χ1) is 7.72. The first kappa shape index (κ1) is 11.4. The molecule has 0 saturated carbocycles. The van der Waals surface area contributed by atoms with Gasteiger partial charge in [0.2, 0.25) is 0 Å². The molecule has 0 aromatic carbocycles. The van der Waals surface area contributed by atoms with Crippen LogP contribution in [-0.4, -0.2) is 17.6 Å². The zero-order chi connectivity index (χ0) is 11.5. The lowest BCUT2D eigenvalue weighted by Gasteiger charge is -2.39. The van der Waals surface area contributed by atoms with Crippen LogP contribution >= 0.6 is 0 Å². The van der Waals surface area contributed by atoms with Gasteiger partial charge in [0.05, 0.1) is 0 Å². The molecule has 1 aromatic rings. The van der Waals surface area contributed by atoms with Gasteiger partial charge in [-0.15, -0.1) is 0 Å². The van der Waals surface area contributed by atoms with Gasteiger partial charge in [-0.2, -0.15) is 0 Å². The highest BCUT2D eigenvalue weighted by molar-refractivity contribution is 5.53. The summed E-state index contributed by atoms with van der Waals surface area (Å²) in [4.78, 5) is 6.62. The normalized spacial score (nSPS) is 25.8. The Morgan fingerprint density at radius 1 is 1.50 bits per heavy atom. The van der Waals surface area contributed by atoms with Crippen molar-refractivity contribution in [2.45, 2.75) is 39.3 Å². The number of aromatic nitrogens is 1. The molecular formula is C13H21N3. The van der Waals surface area contributed by atoms with Crippen LogP contribution < -0.4 is 10.6 Å². The molecule has 88 valence electrons.